The molecule has 3 heterocycles. The first-order chi connectivity index (χ1) is 39.4. The molecule has 80 heavy (non-hydrogen) atoms. The molecular weight excluding hydrogens is 991 g/mol. The SMILES string of the molecule is CC1(C)c2ccccc2-c2ccc(N(c3ccc(-c4cccc5c4sc4ccccc45)cc3)c3ccc4oc5c(-c6cccc7c6-c6ccccc6C76c7ccccc7-c7ccccc76)c6c(cc5c4c3)oc3ccccc36)cc21. The molecule has 0 saturated carbocycles. The Hall–Kier alpha value is -9.74. The number of anilines is 3. The second-order valence-electron chi connectivity index (χ2n) is 22.6. The van der Waals surface area contributed by atoms with Crippen LogP contribution in [0.25, 0.3) is 120 Å². The molecule has 15 aromatic rings. The van der Waals surface area contributed by atoms with Crippen molar-refractivity contribution in [2.45, 2.75) is 24.7 Å². The maximum Gasteiger partial charge on any atom is 0.144 e. The predicted octanol–water partition coefficient (Wildman–Crippen LogP) is 21.3. The minimum Gasteiger partial charge on any atom is -0.456 e. The molecular formula is C76H47NO2S. The van der Waals surface area contributed by atoms with Gasteiger partial charge < -0.3 is 13.7 Å². The zero-order valence-electron chi connectivity index (χ0n) is 43.8. The van der Waals surface area contributed by atoms with E-state index in [4.69, 9.17) is 8.83 Å². The summed E-state index contributed by atoms with van der Waals surface area (Å²) >= 11 is 1.87. The van der Waals surface area contributed by atoms with Gasteiger partial charge >= 0.3 is 0 Å². The highest BCUT2D eigenvalue weighted by Crippen LogP contribution is 2.65. The summed E-state index contributed by atoms with van der Waals surface area (Å²) in [6, 6.07) is 92.2. The van der Waals surface area contributed by atoms with Gasteiger partial charge in [0.15, 0.2) is 0 Å². The van der Waals surface area contributed by atoms with Crippen LogP contribution in [0.5, 0.6) is 0 Å². The normalized spacial score (nSPS) is 14.1. The van der Waals surface area contributed by atoms with Crippen molar-refractivity contribution in [3.8, 4) is 55.6 Å². The number of fused-ring (bicyclic) bond motifs is 22. The number of thiophene rings is 1. The van der Waals surface area contributed by atoms with Crippen molar-refractivity contribution in [1.82, 2.24) is 0 Å². The van der Waals surface area contributed by atoms with E-state index in [0.717, 1.165) is 72.1 Å². The van der Waals surface area contributed by atoms with E-state index in [0.29, 0.717) is 0 Å². The standard InChI is InChI=1S/C76H47NO2S/c1-75(2)60-26-9-3-17-49(60)52-39-37-47(42-65(52)75)77(45-35-33-44(34-36-45)48-23-15-24-54-53-20-8-14-32-69(53)80-74(48)54)46-38-40-67-58(41-46)59-43-68-71(56-22-7-13-31-66(56)78-68)72(73(59)79-67)57-25-16-30-64-70(57)55-21-6-12-29-63(55)76(64)61-27-10-4-18-50(61)51-19-5-11-28-62(51)76/h3-43H,1-2H3. The summed E-state index contributed by atoms with van der Waals surface area (Å²) in [4.78, 5) is 2.43. The molecule has 18 rings (SSSR count). The molecule has 0 amide bonds. The average molecular weight is 1040 g/mol. The Morgan fingerprint density at radius 1 is 0.338 bits per heavy atom. The molecule has 0 unspecified atom stereocenters. The van der Waals surface area contributed by atoms with Crippen molar-refractivity contribution in [3.05, 3.63) is 282 Å². The molecule has 0 aliphatic heterocycles. The van der Waals surface area contributed by atoms with Crippen molar-refractivity contribution in [2.24, 2.45) is 0 Å². The highest BCUT2D eigenvalue weighted by atomic mass is 32.1. The van der Waals surface area contributed by atoms with Crippen molar-refractivity contribution in [2.75, 3.05) is 4.90 Å². The highest BCUT2D eigenvalue weighted by Gasteiger charge is 2.52. The topological polar surface area (TPSA) is 29.5 Å². The van der Waals surface area contributed by atoms with Gasteiger partial charge in [-0.15, -0.1) is 11.3 Å². The van der Waals surface area contributed by atoms with E-state index in [1.165, 1.54) is 98.1 Å². The van der Waals surface area contributed by atoms with Crippen molar-refractivity contribution in [1.29, 1.82) is 0 Å². The number of hydrogen-bond acceptors (Lipinski definition) is 4. The fourth-order valence-electron chi connectivity index (χ4n) is 14.9. The zero-order chi connectivity index (χ0) is 52.6. The summed E-state index contributed by atoms with van der Waals surface area (Å²) in [5, 5.41) is 6.76. The number of hydrogen-bond donors (Lipinski definition) is 0. The van der Waals surface area contributed by atoms with E-state index in [1.54, 1.807) is 0 Å². The van der Waals surface area contributed by atoms with E-state index in [2.05, 4.69) is 267 Å². The van der Waals surface area contributed by atoms with Gasteiger partial charge in [0, 0.05) is 69.8 Å². The number of rotatable bonds is 5. The van der Waals surface area contributed by atoms with Gasteiger partial charge in [-0.3, -0.25) is 0 Å². The van der Waals surface area contributed by atoms with Crippen molar-refractivity contribution >= 4 is 92.4 Å². The lowest BCUT2D eigenvalue weighted by Crippen LogP contribution is -2.25. The van der Waals surface area contributed by atoms with Crippen LogP contribution in [-0.4, -0.2) is 0 Å². The lowest BCUT2D eigenvalue weighted by molar-refractivity contribution is 0.660. The molecule has 12 aromatic carbocycles. The largest absolute Gasteiger partial charge is 0.456 e. The van der Waals surface area contributed by atoms with Gasteiger partial charge in [0.25, 0.3) is 0 Å². The maximum atomic E-state index is 7.37. The van der Waals surface area contributed by atoms with Crippen LogP contribution in [0.2, 0.25) is 0 Å². The van der Waals surface area contributed by atoms with E-state index in [1.807, 2.05) is 11.3 Å². The van der Waals surface area contributed by atoms with Gasteiger partial charge in [-0.2, -0.15) is 0 Å². The lowest BCUT2D eigenvalue weighted by Gasteiger charge is -2.30. The Labute approximate surface area is 465 Å². The van der Waals surface area contributed by atoms with Crippen LogP contribution < -0.4 is 4.90 Å². The molecule has 374 valence electrons. The van der Waals surface area contributed by atoms with Gasteiger partial charge in [0.1, 0.15) is 22.3 Å². The Morgan fingerprint density at radius 2 is 0.887 bits per heavy atom. The second-order valence-corrected chi connectivity index (χ2v) is 23.6. The minimum absolute atomic E-state index is 0.179. The van der Waals surface area contributed by atoms with Crippen molar-refractivity contribution < 1.29 is 8.83 Å². The van der Waals surface area contributed by atoms with Crippen LogP contribution in [0.15, 0.2) is 258 Å². The first-order valence-electron chi connectivity index (χ1n) is 27.7. The third-order valence-corrected chi connectivity index (χ3v) is 19.5. The smallest absolute Gasteiger partial charge is 0.144 e. The molecule has 0 bridgehead atoms. The first-order valence-corrected chi connectivity index (χ1v) is 28.5. The Morgan fingerprint density at radius 3 is 1.68 bits per heavy atom. The summed E-state index contributed by atoms with van der Waals surface area (Å²) in [5.41, 5.74) is 26.1. The van der Waals surface area contributed by atoms with Gasteiger partial charge in [0.2, 0.25) is 0 Å². The average Bonchev–Trinajstić information content (AvgIpc) is 2.96. The molecule has 1 spiro atoms. The highest BCUT2D eigenvalue weighted by molar-refractivity contribution is 7.26. The zero-order valence-corrected chi connectivity index (χ0v) is 44.7. The Kier molecular flexibility index (Phi) is 8.82. The van der Waals surface area contributed by atoms with Gasteiger partial charge in [-0.05, 0) is 144 Å². The number of nitrogens with zero attached hydrogens (tertiary/aromatic N) is 1. The molecule has 0 radical (unpaired) electrons. The third kappa shape index (κ3) is 5.72. The fourth-order valence-corrected chi connectivity index (χ4v) is 16.1. The summed E-state index contributed by atoms with van der Waals surface area (Å²) in [5.74, 6) is 0. The molecule has 0 atom stereocenters. The Balaban J connectivity index is 0.867. The quantitative estimate of drug-likeness (QED) is 0.172. The van der Waals surface area contributed by atoms with Crippen molar-refractivity contribution in [3.63, 3.8) is 0 Å². The monoisotopic (exact) mass is 1040 g/mol. The van der Waals surface area contributed by atoms with Crippen LogP contribution in [0.4, 0.5) is 17.1 Å². The molecule has 4 heteroatoms. The number of benzene rings is 12. The fraction of sp³-hybridized carbons (Fsp3) is 0.0526. The molecule has 0 saturated heterocycles. The van der Waals surface area contributed by atoms with E-state index in [9.17, 15) is 0 Å². The van der Waals surface area contributed by atoms with Gasteiger partial charge in [0.05, 0.1) is 5.41 Å². The molecule has 3 nitrogen and oxygen atoms in total. The maximum absolute atomic E-state index is 7.37. The number of para-hydroxylation sites is 1. The van der Waals surface area contributed by atoms with E-state index < -0.39 is 5.41 Å². The molecule has 3 aromatic heterocycles. The molecule has 0 fully saturated rings. The summed E-state index contributed by atoms with van der Waals surface area (Å²) in [6.45, 7) is 4.72. The lowest BCUT2D eigenvalue weighted by atomic mass is 9.70. The van der Waals surface area contributed by atoms with Crippen LogP contribution >= 0.6 is 11.3 Å². The van der Waals surface area contributed by atoms with Crippen LogP contribution in [0.3, 0.4) is 0 Å². The predicted molar refractivity (Wildman–Crippen MR) is 333 cm³/mol. The second kappa shape index (κ2) is 15.9. The summed E-state index contributed by atoms with van der Waals surface area (Å²) in [6.07, 6.45) is 0. The minimum atomic E-state index is -0.494. The van der Waals surface area contributed by atoms with Crippen LogP contribution in [-0.2, 0) is 10.8 Å². The van der Waals surface area contributed by atoms with Crippen LogP contribution in [0, 0.1) is 0 Å². The van der Waals surface area contributed by atoms with Crippen LogP contribution in [0.1, 0.15) is 47.2 Å². The number of furan rings is 2. The molecule has 3 aliphatic carbocycles. The summed E-state index contributed by atoms with van der Waals surface area (Å²) in [7, 11) is 0. The van der Waals surface area contributed by atoms with Gasteiger partial charge in [-0.1, -0.05) is 202 Å². The molecule has 0 N–H and O–H groups in total. The third-order valence-electron chi connectivity index (χ3n) is 18.3. The Bertz CT molecular complexity index is 5140. The molecule has 3 aliphatic rings. The first kappa shape index (κ1) is 44.3. The van der Waals surface area contributed by atoms with Gasteiger partial charge in [-0.25, -0.2) is 0 Å². The van der Waals surface area contributed by atoms with E-state index >= 15 is 0 Å². The summed E-state index contributed by atoms with van der Waals surface area (Å²) < 4.78 is 17.0. The van der Waals surface area contributed by atoms with E-state index in [-0.39, 0.29) is 5.41 Å².